The molecular weight excluding hydrogens is 238 g/mol. The number of carbonyl (C=O) groups is 3. The average Bonchev–Trinajstić information content (AvgIpc) is 2.22. The molecule has 0 saturated heterocycles. The number of likely N-dealkylation sites (N-methyl/N-ethyl adjacent to an activating group) is 1. The highest BCUT2D eigenvalue weighted by molar-refractivity contribution is 5.85. The third-order valence-electron chi connectivity index (χ3n) is 3.50. The quantitative estimate of drug-likeness (QED) is 0.734. The van der Waals surface area contributed by atoms with Crippen LogP contribution in [0.2, 0.25) is 0 Å². The van der Waals surface area contributed by atoms with Crippen molar-refractivity contribution in [3.8, 4) is 0 Å². The molecule has 0 heterocycles. The first-order valence-electron chi connectivity index (χ1n) is 6.11. The predicted molar refractivity (Wildman–Crippen MR) is 63.0 cm³/mol. The van der Waals surface area contributed by atoms with Gasteiger partial charge < -0.3 is 15.1 Å². The lowest BCUT2D eigenvalue weighted by molar-refractivity contribution is -0.154. The summed E-state index contributed by atoms with van der Waals surface area (Å²) in [5.74, 6) is -2.20. The smallest absolute Gasteiger partial charge is 0.326 e. The molecule has 1 rings (SSSR count). The Balaban J connectivity index is 2.50. The van der Waals surface area contributed by atoms with Crippen molar-refractivity contribution < 1.29 is 24.6 Å². The normalized spacial score (nSPS) is 23.9. The van der Waals surface area contributed by atoms with Gasteiger partial charge in [0.2, 0.25) is 5.91 Å². The summed E-state index contributed by atoms with van der Waals surface area (Å²) in [7, 11) is 0. The Morgan fingerprint density at radius 2 is 1.83 bits per heavy atom. The van der Waals surface area contributed by atoms with Gasteiger partial charge in [-0.25, -0.2) is 4.79 Å². The standard InChI is InChI=1S/C12H19NO5/c1-3-13(7(2)12(17)18)11(16)9-4-8(5-9)6-10(14)15/h7-9H,3-6H2,1-2H3,(H,14,15)(H,17,18). The molecule has 0 bridgehead atoms. The van der Waals surface area contributed by atoms with Crippen LogP contribution in [-0.2, 0) is 14.4 Å². The van der Waals surface area contributed by atoms with E-state index < -0.39 is 18.0 Å². The van der Waals surface area contributed by atoms with Crippen LogP contribution in [0.4, 0.5) is 0 Å². The van der Waals surface area contributed by atoms with Crippen LogP contribution in [0.3, 0.4) is 0 Å². The second-order valence-corrected chi connectivity index (χ2v) is 4.77. The Hall–Kier alpha value is -1.59. The average molecular weight is 257 g/mol. The molecule has 1 aliphatic rings. The Morgan fingerprint density at radius 3 is 2.22 bits per heavy atom. The second-order valence-electron chi connectivity index (χ2n) is 4.77. The van der Waals surface area contributed by atoms with Gasteiger partial charge in [-0.1, -0.05) is 0 Å². The Labute approximate surface area is 106 Å². The number of carbonyl (C=O) groups excluding carboxylic acids is 1. The first-order chi connectivity index (χ1) is 8.36. The van der Waals surface area contributed by atoms with E-state index in [9.17, 15) is 14.4 Å². The maximum atomic E-state index is 12.0. The molecule has 6 nitrogen and oxygen atoms in total. The van der Waals surface area contributed by atoms with Crippen molar-refractivity contribution in [1.29, 1.82) is 0 Å². The summed E-state index contributed by atoms with van der Waals surface area (Å²) >= 11 is 0. The number of nitrogens with zero attached hydrogens (tertiary/aromatic N) is 1. The molecule has 0 radical (unpaired) electrons. The van der Waals surface area contributed by atoms with Crippen LogP contribution in [0.25, 0.3) is 0 Å². The van der Waals surface area contributed by atoms with Crippen LogP contribution in [0.15, 0.2) is 0 Å². The fourth-order valence-corrected chi connectivity index (χ4v) is 2.34. The van der Waals surface area contributed by atoms with Crippen molar-refractivity contribution in [2.45, 2.75) is 39.2 Å². The number of carboxylic acids is 2. The highest BCUT2D eigenvalue weighted by Gasteiger charge is 2.39. The molecule has 1 fully saturated rings. The highest BCUT2D eigenvalue weighted by Crippen LogP contribution is 2.37. The lowest BCUT2D eigenvalue weighted by Crippen LogP contribution is -2.48. The molecule has 0 aromatic rings. The minimum Gasteiger partial charge on any atom is -0.481 e. The molecule has 0 aliphatic heterocycles. The molecular formula is C12H19NO5. The lowest BCUT2D eigenvalue weighted by atomic mass is 9.72. The van der Waals surface area contributed by atoms with Crippen molar-refractivity contribution in [2.24, 2.45) is 11.8 Å². The SMILES string of the molecule is CCN(C(=O)C1CC(CC(=O)O)C1)C(C)C(=O)O. The third-order valence-corrected chi connectivity index (χ3v) is 3.50. The van der Waals surface area contributed by atoms with Crippen LogP contribution in [-0.4, -0.2) is 45.5 Å². The van der Waals surface area contributed by atoms with Gasteiger partial charge in [-0.15, -0.1) is 0 Å². The van der Waals surface area contributed by atoms with Gasteiger partial charge in [0.15, 0.2) is 0 Å². The fraction of sp³-hybridized carbons (Fsp3) is 0.750. The van der Waals surface area contributed by atoms with Gasteiger partial charge in [0.05, 0.1) is 0 Å². The van der Waals surface area contributed by atoms with Gasteiger partial charge in [-0.3, -0.25) is 9.59 Å². The van der Waals surface area contributed by atoms with Crippen molar-refractivity contribution in [1.82, 2.24) is 4.90 Å². The maximum absolute atomic E-state index is 12.0. The van der Waals surface area contributed by atoms with E-state index in [4.69, 9.17) is 10.2 Å². The van der Waals surface area contributed by atoms with E-state index in [1.165, 1.54) is 11.8 Å². The number of amides is 1. The molecule has 1 unspecified atom stereocenters. The van der Waals surface area contributed by atoms with Crippen LogP contribution in [0.1, 0.15) is 33.1 Å². The molecule has 102 valence electrons. The monoisotopic (exact) mass is 257 g/mol. The second kappa shape index (κ2) is 5.84. The molecule has 1 saturated carbocycles. The predicted octanol–water partition coefficient (Wildman–Crippen LogP) is 0.809. The first-order valence-corrected chi connectivity index (χ1v) is 6.11. The topological polar surface area (TPSA) is 94.9 Å². The van der Waals surface area contributed by atoms with E-state index in [2.05, 4.69) is 0 Å². The molecule has 18 heavy (non-hydrogen) atoms. The lowest BCUT2D eigenvalue weighted by Gasteiger charge is -2.37. The Bertz CT molecular complexity index is 348. The first kappa shape index (κ1) is 14.5. The zero-order valence-electron chi connectivity index (χ0n) is 10.6. The Morgan fingerprint density at radius 1 is 1.28 bits per heavy atom. The minimum atomic E-state index is -1.02. The number of rotatable bonds is 6. The number of aliphatic carboxylic acids is 2. The van der Waals surface area contributed by atoms with E-state index >= 15 is 0 Å². The minimum absolute atomic E-state index is 0.0512. The molecule has 0 spiro atoms. The van der Waals surface area contributed by atoms with Gasteiger partial charge in [0.25, 0.3) is 0 Å². The van der Waals surface area contributed by atoms with Crippen molar-refractivity contribution in [3.63, 3.8) is 0 Å². The van der Waals surface area contributed by atoms with Crippen LogP contribution >= 0.6 is 0 Å². The number of hydrogen-bond acceptors (Lipinski definition) is 3. The zero-order chi connectivity index (χ0) is 13.9. The third kappa shape index (κ3) is 3.21. The fourth-order valence-electron chi connectivity index (χ4n) is 2.34. The van der Waals surface area contributed by atoms with Crippen molar-refractivity contribution in [2.75, 3.05) is 6.54 Å². The Kier molecular flexibility index (Phi) is 4.69. The number of hydrogen-bond donors (Lipinski definition) is 2. The van der Waals surface area contributed by atoms with E-state index in [-0.39, 0.29) is 24.2 Å². The van der Waals surface area contributed by atoms with Gasteiger partial charge >= 0.3 is 11.9 Å². The summed E-state index contributed by atoms with van der Waals surface area (Å²) in [4.78, 5) is 34.8. The van der Waals surface area contributed by atoms with Crippen LogP contribution in [0.5, 0.6) is 0 Å². The van der Waals surface area contributed by atoms with Crippen molar-refractivity contribution in [3.05, 3.63) is 0 Å². The van der Waals surface area contributed by atoms with Crippen molar-refractivity contribution >= 4 is 17.8 Å². The molecule has 1 aliphatic carbocycles. The van der Waals surface area contributed by atoms with Crippen LogP contribution < -0.4 is 0 Å². The van der Waals surface area contributed by atoms with Gasteiger partial charge in [-0.2, -0.15) is 0 Å². The molecule has 6 heteroatoms. The summed E-state index contributed by atoms with van der Waals surface area (Å²) in [5.41, 5.74) is 0. The summed E-state index contributed by atoms with van der Waals surface area (Å²) in [5, 5.41) is 17.5. The van der Waals surface area contributed by atoms with E-state index in [0.717, 1.165) is 0 Å². The molecule has 0 aromatic carbocycles. The largest absolute Gasteiger partial charge is 0.481 e. The summed E-state index contributed by atoms with van der Waals surface area (Å²) in [6, 6.07) is -0.832. The van der Waals surface area contributed by atoms with E-state index in [1.807, 2.05) is 0 Å². The summed E-state index contributed by atoms with van der Waals surface area (Å²) < 4.78 is 0. The van der Waals surface area contributed by atoms with Gasteiger partial charge in [-0.05, 0) is 32.6 Å². The zero-order valence-corrected chi connectivity index (χ0v) is 10.6. The van der Waals surface area contributed by atoms with Gasteiger partial charge in [0, 0.05) is 18.9 Å². The molecule has 0 aromatic heterocycles. The molecule has 2 N–H and O–H groups in total. The highest BCUT2D eigenvalue weighted by atomic mass is 16.4. The van der Waals surface area contributed by atoms with Gasteiger partial charge in [0.1, 0.15) is 6.04 Å². The van der Waals surface area contributed by atoms with E-state index in [0.29, 0.717) is 19.4 Å². The van der Waals surface area contributed by atoms with E-state index in [1.54, 1.807) is 6.92 Å². The maximum Gasteiger partial charge on any atom is 0.326 e. The molecule has 1 amide bonds. The van der Waals surface area contributed by atoms with Crippen LogP contribution in [0, 0.1) is 11.8 Å². The molecule has 1 atom stereocenters. The number of carboxylic acid groups (broad SMARTS) is 2. The summed E-state index contributed by atoms with van der Waals surface area (Å²) in [6.07, 6.45) is 1.19. The summed E-state index contributed by atoms with van der Waals surface area (Å²) in [6.45, 7) is 3.58.